The second-order valence-electron chi connectivity index (χ2n) is 14.9. The highest BCUT2D eigenvalue weighted by molar-refractivity contribution is 5.87. The maximum Gasteiger partial charge on any atom is 0.331 e. The number of rotatable bonds is 18. The minimum absolute atomic E-state index is 0.0110. The second-order valence-corrected chi connectivity index (χ2v) is 14.9. The number of hydrogen-bond acceptors (Lipinski definition) is 15. The number of ether oxygens (including phenoxy) is 8. The van der Waals surface area contributed by atoms with Gasteiger partial charge >= 0.3 is 29.8 Å². The van der Waals surface area contributed by atoms with Gasteiger partial charge in [0, 0.05) is 45.4 Å². The van der Waals surface area contributed by atoms with Crippen molar-refractivity contribution in [3.05, 3.63) is 76.5 Å². The van der Waals surface area contributed by atoms with Crippen molar-refractivity contribution in [2.45, 2.75) is 124 Å². The smallest absolute Gasteiger partial charge is 0.331 e. The summed E-state index contributed by atoms with van der Waals surface area (Å²) in [7, 11) is 0. The lowest BCUT2D eigenvalue weighted by Gasteiger charge is -2.43. The van der Waals surface area contributed by atoms with Crippen molar-refractivity contribution in [1.29, 1.82) is 0 Å². The summed E-state index contributed by atoms with van der Waals surface area (Å²) in [6.07, 6.45) is -6.58. The number of carbonyl (C=O) groups is 6. The van der Waals surface area contributed by atoms with Crippen molar-refractivity contribution >= 4 is 35.8 Å². The first-order valence-corrected chi connectivity index (χ1v) is 19.1. The molecule has 0 saturated carbocycles. The number of aryl methyl sites for hydroxylation is 1. The number of carbonyl (C=O) groups excluding carboxylic acids is 6. The normalized spacial score (nSPS) is 18.9. The Morgan fingerprint density at radius 3 is 2.10 bits per heavy atom. The largest absolute Gasteiger partial charge is 0.493 e. The molecule has 4 rings (SSSR count). The maximum atomic E-state index is 12.7. The van der Waals surface area contributed by atoms with Crippen LogP contribution in [0, 0.1) is 6.92 Å². The fourth-order valence-electron chi connectivity index (χ4n) is 6.27. The third-order valence-electron chi connectivity index (χ3n) is 9.07. The lowest BCUT2D eigenvalue weighted by atomic mass is 9.96. The molecule has 17 nitrogen and oxygen atoms in total. The van der Waals surface area contributed by atoms with E-state index in [0.717, 1.165) is 43.2 Å². The van der Waals surface area contributed by atoms with Gasteiger partial charge in [0.15, 0.2) is 12.2 Å². The van der Waals surface area contributed by atoms with Crippen molar-refractivity contribution in [2.75, 3.05) is 13.2 Å². The van der Waals surface area contributed by atoms with Crippen molar-refractivity contribution in [3.63, 3.8) is 0 Å². The average Bonchev–Trinajstić information content (AvgIpc) is 3.54. The van der Waals surface area contributed by atoms with E-state index in [4.69, 9.17) is 37.9 Å². The summed E-state index contributed by atoms with van der Waals surface area (Å²) in [6, 6.07) is 14.7. The number of nitrogens with zero attached hydrogens (tertiary/aromatic N) is 1. The molecular formula is C42H53N3O14. The van der Waals surface area contributed by atoms with Crippen molar-refractivity contribution in [2.24, 2.45) is 0 Å². The topological polar surface area (TPSA) is 217 Å². The molecule has 0 aliphatic carbocycles. The van der Waals surface area contributed by atoms with E-state index in [1.165, 1.54) is 6.92 Å². The molecule has 59 heavy (non-hydrogen) atoms. The standard InChI is InChI=1S/C42H53N3O14/c1-23(2)35-32(20-30-15-16-31(19-24(30)3)52-18-17-34(50)43-42(8,9)41(51)54-21-29-13-11-10-12-14-29)39(45-44-35)59-40-38(57-28(7)49)37(56-27(6)48)36(55-26(5)47)33(58-40)22-53-25(4)46/h10-16,19,23,33,36-38,40H,17-18,20-22H2,1-9H3,(H,43,50)(H,44,45)/t33-,36-,37+,38-,40?/m1/s1. The molecule has 17 heteroatoms. The molecule has 2 N–H and O–H groups in total. The van der Waals surface area contributed by atoms with Gasteiger partial charge in [0.1, 0.15) is 30.6 Å². The van der Waals surface area contributed by atoms with Crippen LogP contribution in [-0.2, 0) is 70.2 Å². The maximum absolute atomic E-state index is 12.7. The molecule has 3 aromatic rings. The highest BCUT2D eigenvalue weighted by atomic mass is 16.7. The Morgan fingerprint density at radius 1 is 0.847 bits per heavy atom. The molecule has 320 valence electrons. The predicted octanol–water partition coefficient (Wildman–Crippen LogP) is 4.30. The number of benzene rings is 2. The van der Waals surface area contributed by atoms with Crippen molar-refractivity contribution in [3.8, 4) is 11.6 Å². The molecule has 1 aliphatic rings. The van der Waals surface area contributed by atoms with E-state index in [1.54, 1.807) is 19.9 Å². The fourth-order valence-corrected chi connectivity index (χ4v) is 6.27. The Morgan fingerprint density at radius 2 is 1.49 bits per heavy atom. The number of aromatic amines is 1. The third kappa shape index (κ3) is 13.3. The molecule has 1 amide bonds. The number of H-pyrrole nitrogens is 1. The highest BCUT2D eigenvalue weighted by Crippen LogP contribution is 2.35. The summed E-state index contributed by atoms with van der Waals surface area (Å²) in [4.78, 5) is 74.0. The first-order chi connectivity index (χ1) is 27.8. The van der Waals surface area contributed by atoms with Gasteiger partial charge in [-0.3, -0.25) is 29.1 Å². The molecule has 1 fully saturated rings. The van der Waals surface area contributed by atoms with Crippen LogP contribution in [0.3, 0.4) is 0 Å². The second kappa shape index (κ2) is 20.6. The third-order valence-corrected chi connectivity index (χ3v) is 9.07. The van der Waals surface area contributed by atoms with Gasteiger partial charge in [0.2, 0.25) is 24.2 Å². The number of aromatic nitrogens is 2. The summed E-state index contributed by atoms with van der Waals surface area (Å²) >= 11 is 0. The Kier molecular flexibility index (Phi) is 16.0. The fraction of sp³-hybridized carbons (Fsp3) is 0.500. The molecule has 5 atom stereocenters. The molecule has 0 bridgehead atoms. The number of nitrogens with one attached hydrogen (secondary N) is 2. The van der Waals surface area contributed by atoms with Gasteiger partial charge in [-0.2, -0.15) is 0 Å². The van der Waals surface area contributed by atoms with E-state index >= 15 is 0 Å². The lowest BCUT2D eigenvalue weighted by Crippen LogP contribution is -2.63. The van der Waals surface area contributed by atoms with Crippen LogP contribution in [0.2, 0.25) is 0 Å². The molecule has 1 unspecified atom stereocenters. The first kappa shape index (κ1) is 45.7. The van der Waals surface area contributed by atoms with Gasteiger partial charge in [-0.05, 0) is 55.5 Å². The van der Waals surface area contributed by atoms with Gasteiger partial charge in [0.25, 0.3) is 0 Å². The Hall–Kier alpha value is -5.97. The Labute approximate surface area is 342 Å². The molecular weight excluding hydrogens is 770 g/mol. The van der Waals surface area contributed by atoms with Gasteiger partial charge in [-0.25, -0.2) is 4.79 Å². The van der Waals surface area contributed by atoms with Crippen LogP contribution >= 0.6 is 0 Å². The van der Waals surface area contributed by atoms with E-state index in [2.05, 4.69) is 15.5 Å². The first-order valence-electron chi connectivity index (χ1n) is 19.1. The van der Waals surface area contributed by atoms with Crippen LogP contribution in [0.4, 0.5) is 0 Å². The van der Waals surface area contributed by atoms with Crippen LogP contribution in [0.15, 0.2) is 48.5 Å². The van der Waals surface area contributed by atoms with Crippen LogP contribution in [-0.4, -0.2) is 95.4 Å². The molecule has 0 radical (unpaired) electrons. The molecule has 2 heterocycles. The van der Waals surface area contributed by atoms with Crippen molar-refractivity contribution in [1.82, 2.24) is 15.5 Å². The minimum atomic E-state index is -1.47. The molecule has 1 aliphatic heterocycles. The van der Waals surface area contributed by atoms with Gasteiger partial charge in [0.05, 0.1) is 13.0 Å². The van der Waals surface area contributed by atoms with E-state index in [1.807, 2.05) is 63.2 Å². The summed E-state index contributed by atoms with van der Waals surface area (Å²) < 4.78 is 45.5. The van der Waals surface area contributed by atoms with Crippen LogP contribution in [0.5, 0.6) is 11.6 Å². The zero-order valence-corrected chi connectivity index (χ0v) is 34.8. The molecule has 1 aromatic heterocycles. The molecule has 1 saturated heterocycles. The van der Waals surface area contributed by atoms with E-state index < -0.39 is 72.7 Å². The Bertz CT molecular complexity index is 1960. The molecule has 0 spiro atoms. The summed E-state index contributed by atoms with van der Waals surface area (Å²) in [5.74, 6) is -3.33. The quantitative estimate of drug-likeness (QED) is 0.135. The van der Waals surface area contributed by atoms with Crippen LogP contribution in [0.25, 0.3) is 0 Å². The average molecular weight is 824 g/mol. The lowest BCUT2D eigenvalue weighted by molar-refractivity contribution is -0.289. The van der Waals surface area contributed by atoms with Gasteiger partial charge < -0.3 is 43.2 Å². The Balaban J connectivity index is 1.48. The summed E-state index contributed by atoms with van der Waals surface area (Å²) in [5, 5.41) is 10.2. The zero-order chi connectivity index (χ0) is 43.4. The van der Waals surface area contributed by atoms with Gasteiger partial charge in [-0.1, -0.05) is 50.2 Å². The van der Waals surface area contributed by atoms with Crippen molar-refractivity contribution < 1.29 is 66.7 Å². The summed E-state index contributed by atoms with van der Waals surface area (Å²) in [6.45, 7) is 13.3. The summed E-state index contributed by atoms with van der Waals surface area (Å²) in [5.41, 5.74) is 2.69. The molecule has 2 aromatic carbocycles. The van der Waals surface area contributed by atoms with E-state index in [9.17, 15) is 28.8 Å². The number of hydrogen-bond donors (Lipinski definition) is 2. The highest BCUT2D eigenvalue weighted by Gasteiger charge is 2.53. The van der Waals surface area contributed by atoms with Crippen LogP contribution < -0.4 is 14.8 Å². The SMILES string of the molecule is CC(=O)OC[C@H]1OC(Oc2n[nH]c(C(C)C)c2Cc2ccc(OCCC(=O)NC(C)(C)C(=O)OCc3ccccc3)cc2C)[C@H](OC(C)=O)[C@@H](OC(C)=O)[C@@H]1OC(C)=O. The predicted molar refractivity (Wildman–Crippen MR) is 208 cm³/mol. The van der Waals surface area contributed by atoms with E-state index in [-0.39, 0.29) is 37.3 Å². The van der Waals surface area contributed by atoms with Crippen LogP contribution in [0.1, 0.15) is 95.7 Å². The number of esters is 5. The van der Waals surface area contributed by atoms with Gasteiger partial charge in [-0.15, -0.1) is 5.10 Å². The zero-order valence-electron chi connectivity index (χ0n) is 34.8. The minimum Gasteiger partial charge on any atom is -0.493 e. The number of amides is 1. The van der Waals surface area contributed by atoms with E-state index in [0.29, 0.717) is 17.7 Å². The monoisotopic (exact) mass is 823 g/mol.